The molecule has 1 heterocycles. The number of halogens is 2. The highest BCUT2D eigenvalue weighted by Gasteiger charge is 2.21. The van der Waals surface area contributed by atoms with E-state index in [1.54, 1.807) is 0 Å². The summed E-state index contributed by atoms with van der Waals surface area (Å²) in [6.45, 7) is 1.99. The van der Waals surface area contributed by atoms with Crippen LogP contribution >= 0.6 is 0 Å². The van der Waals surface area contributed by atoms with Gasteiger partial charge in [0, 0.05) is 31.7 Å². The highest BCUT2D eigenvalue weighted by molar-refractivity contribution is 5.48. The van der Waals surface area contributed by atoms with Crippen molar-refractivity contribution >= 4 is 5.69 Å². The molecule has 1 fully saturated rings. The minimum absolute atomic E-state index is 0.0881. The van der Waals surface area contributed by atoms with E-state index >= 15 is 0 Å². The molecule has 0 spiro atoms. The fourth-order valence-electron chi connectivity index (χ4n) is 2.36. The third-order valence-electron chi connectivity index (χ3n) is 3.22. The molecule has 1 aromatic rings. The van der Waals surface area contributed by atoms with Crippen LogP contribution in [0.1, 0.15) is 12.8 Å². The van der Waals surface area contributed by atoms with E-state index in [4.69, 9.17) is 5.11 Å². The zero-order valence-electron chi connectivity index (χ0n) is 10.2. The molecule has 2 N–H and O–H groups in total. The summed E-state index contributed by atoms with van der Waals surface area (Å²) in [7, 11) is 0. The standard InChI is InChI=1S/C13H18F2N2O/c14-10-3-4-12(15)13(8-10)17-6-1-2-11(9-17)16-5-7-18/h3-4,8,11,16,18H,1-2,5-7,9H2. The molecule has 0 radical (unpaired) electrons. The van der Waals surface area contributed by atoms with Gasteiger partial charge in [-0.2, -0.15) is 0 Å². The van der Waals surface area contributed by atoms with Crippen molar-refractivity contribution in [2.45, 2.75) is 18.9 Å². The maximum atomic E-state index is 13.7. The molecule has 5 heteroatoms. The second kappa shape index (κ2) is 6.11. The zero-order chi connectivity index (χ0) is 13.0. The van der Waals surface area contributed by atoms with Crippen LogP contribution in [-0.2, 0) is 0 Å². The first-order valence-electron chi connectivity index (χ1n) is 6.25. The highest BCUT2D eigenvalue weighted by Crippen LogP contribution is 2.24. The molecular formula is C13H18F2N2O. The Morgan fingerprint density at radius 3 is 3.00 bits per heavy atom. The van der Waals surface area contributed by atoms with Crippen LogP contribution in [0, 0.1) is 11.6 Å². The van der Waals surface area contributed by atoms with Gasteiger partial charge in [0.15, 0.2) is 0 Å². The Balaban J connectivity index is 2.05. The van der Waals surface area contributed by atoms with Crippen molar-refractivity contribution in [3.05, 3.63) is 29.8 Å². The first-order chi connectivity index (χ1) is 8.70. The maximum absolute atomic E-state index is 13.7. The van der Waals surface area contributed by atoms with E-state index in [1.807, 2.05) is 4.90 Å². The quantitative estimate of drug-likeness (QED) is 0.857. The summed E-state index contributed by atoms with van der Waals surface area (Å²) < 4.78 is 26.8. The van der Waals surface area contributed by atoms with Gasteiger partial charge in [-0.05, 0) is 25.0 Å². The average molecular weight is 256 g/mol. The van der Waals surface area contributed by atoms with Gasteiger partial charge in [-0.3, -0.25) is 0 Å². The number of nitrogens with one attached hydrogen (secondary N) is 1. The number of benzene rings is 1. The summed E-state index contributed by atoms with van der Waals surface area (Å²) in [4.78, 5) is 1.86. The lowest BCUT2D eigenvalue weighted by Gasteiger charge is -2.35. The normalized spacial score (nSPS) is 20.2. The largest absolute Gasteiger partial charge is 0.395 e. The predicted molar refractivity (Wildman–Crippen MR) is 66.7 cm³/mol. The van der Waals surface area contributed by atoms with Crippen molar-refractivity contribution < 1.29 is 13.9 Å². The van der Waals surface area contributed by atoms with Gasteiger partial charge in [-0.15, -0.1) is 0 Å². The van der Waals surface area contributed by atoms with Crippen LogP contribution in [0.3, 0.4) is 0 Å². The first kappa shape index (κ1) is 13.2. The molecule has 0 amide bonds. The molecule has 0 bridgehead atoms. The van der Waals surface area contributed by atoms with Crippen LogP contribution in [0.15, 0.2) is 18.2 Å². The Kier molecular flexibility index (Phi) is 4.49. The van der Waals surface area contributed by atoms with Crippen molar-refractivity contribution in [1.82, 2.24) is 5.32 Å². The third kappa shape index (κ3) is 3.17. The summed E-state index contributed by atoms with van der Waals surface area (Å²) in [6, 6.07) is 3.75. The summed E-state index contributed by atoms with van der Waals surface area (Å²) in [5.41, 5.74) is 0.325. The van der Waals surface area contributed by atoms with Crippen molar-refractivity contribution in [1.29, 1.82) is 0 Å². The van der Waals surface area contributed by atoms with E-state index in [0.29, 0.717) is 18.8 Å². The second-order valence-corrected chi connectivity index (χ2v) is 4.56. The molecule has 3 nitrogen and oxygen atoms in total. The summed E-state index contributed by atoms with van der Waals surface area (Å²) in [6.07, 6.45) is 1.92. The Morgan fingerprint density at radius 2 is 2.22 bits per heavy atom. The molecule has 1 unspecified atom stereocenters. The lowest BCUT2D eigenvalue weighted by molar-refractivity contribution is 0.278. The van der Waals surface area contributed by atoms with Gasteiger partial charge < -0.3 is 15.3 Å². The molecule has 100 valence electrons. The SMILES string of the molecule is OCCNC1CCCN(c2cc(F)ccc2F)C1. The summed E-state index contributed by atoms with van der Waals surface area (Å²) in [5.74, 6) is -0.809. The maximum Gasteiger partial charge on any atom is 0.146 e. The molecule has 1 aromatic carbocycles. The highest BCUT2D eigenvalue weighted by atomic mass is 19.1. The number of anilines is 1. The number of nitrogens with zero attached hydrogens (tertiary/aromatic N) is 1. The van der Waals surface area contributed by atoms with E-state index in [9.17, 15) is 8.78 Å². The lowest BCUT2D eigenvalue weighted by Crippen LogP contribution is -2.46. The number of aliphatic hydroxyl groups excluding tert-OH is 1. The summed E-state index contributed by atoms with van der Waals surface area (Å²) in [5, 5.41) is 12.0. The molecule has 0 aliphatic carbocycles. The van der Waals surface area contributed by atoms with Crippen molar-refractivity contribution in [2.75, 3.05) is 31.1 Å². The van der Waals surface area contributed by atoms with E-state index in [2.05, 4.69) is 5.32 Å². The monoisotopic (exact) mass is 256 g/mol. The second-order valence-electron chi connectivity index (χ2n) is 4.56. The van der Waals surface area contributed by atoms with E-state index < -0.39 is 5.82 Å². The van der Waals surface area contributed by atoms with Crippen LogP contribution in [0.4, 0.5) is 14.5 Å². The minimum Gasteiger partial charge on any atom is -0.395 e. The molecular weight excluding hydrogens is 238 g/mol. The van der Waals surface area contributed by atoms with Gasteiger partial charge >= 0.3 is 0 Å². The van der Waals surface area contributed by atoms with Gasteiger partial charge in [0.05, 0.1) is 12.3 Å². The first-order valence-corrected chi connectivity index (χ1v) is 6.25. The van der Waals surface area contributed by atoms with Crippen molar-refractivity contribution in [2.24, 2.45) is 0 Å². The fourth-order valence-corrected chi connectivity index (χ4v) is 2.36. The van der Waals surface area contributed by atoms with Crippen LogP contribution in [-0.4, -0.2) is 37.4 Å². The molecule has 1 aliphatic rings. The van der Waals surface area contributed by atoms with Crippen LogP contribution in [0.2, 0.25) is 0 Å². The molecule has 0 aromatic heterocycles. The van der Waals surface area contributed by atoms with Crippen LogP contribution in [0.5, 0.6) is 0 Å². The van der Waals surface area contributed by atoms with Gasteiger partial charge in [0.1, 0.15) is 11.6 Å². The minimum atomic E-state index is -0.420. The van der Waals surface area contributed by atoms with E-state index in [1.165, 1.54) is 6.07 Å². The van der Waals surface area contributed by atoms with Gasteiger partial charge in [-0.25, -0.2) is 8.78 Å². The van der Waals surface area contributed by atoms with Crippen LogP contribution < -0.4 is 10.2 Å². The van der Waals surface area contributed by atoms with E-state index in [0.717, 1.165) is 31.5 Å². The van der Waals surface area contributed by atoms with Crippen molar-refractivity contribution in [3.8, 4) is 0 Å². The van der Waals surface area contributed by atoms with Crippen molar-refractivity contribution in [3.63, 3.8) is 0 Å². The van der Waals surface area contributed by atoms with Gasteiger partial charge in [0.2, 0.25) is 0 Å². The molecule has 0 saturated carbocycles. The number of rotatable bonds is 4. The Labute approximate surface area is 105 Å². The smallest absolute Gasteiger partial charge is 0.146 e. The Bertz CT molecular complexity index is 401. The number of hydrogen-bond acceptors (Lipinski definition) is 3. The molecule has 18 heavy (non-hydrogen) atoms. The topological polar surface area (TPSA) is 35.5 Å². The molecule has 2 rings (SSSR count). The molecule has 1 saturated heterocycles. The number of hydrogen-bond donors (Lipinski definition) is 2. The third-order valence-corrected chi connectivity index (χ3v) is 3.22. The molecule has 1 atom stereocenters. The van der Waals surface area contributed by atoms with Crippen LogP contribution in [0.25, 0.3) is 0 Å². The Hall–Kier alpha value is -1.20. The number of aliphatic hydroxyl groups is 1. The van der Waals surface area contributed by atoms with Gasteiger partial charge in [-0.1, -0.05) is 0 Å². The lowest BCUT2D eigenvalue weighted by atomic mass is 10.0. The number of piperidine rings is 1. The molecule has 1 aliphatic heterocycles. The fraction of sp³-hybridized carbons (Fsp3) is 0.538. The average Bonchev–Trinajstić information content (AvgIpc) is 2.39. The van der Waals surface area contributed by atoms with E-state index in [-0.39, 0.29) is 18.5 Å². The Morgan fingerprint density at radius 1 is 1.39 bits per heavy atom. The summed E-state index contributed by atoms with van der Waals surface area (Å²) >= 11 is 0. The zero-order valence-corrected chi connectivity index (χ0v) is 10.2. The predicted octanol–water partition coefficient (Wildman–Crippen LogP) is 1.52. The van der Waals surface area contributed by atoms with Gasteiger partial charge in [0.25, 0.3) is 0 Å².